The molecule has 1 unspecified atom stereocenters. The summed E-state index contributed by atoms with van der Waals surface area (Å²) in [5, 5.41) is 11.3. The Bertz CT molecular complexity index is 159. The molecule has 0 aliphatic carbocycles. The third-order valence-electron chi connectivity index (χ3n) is 1.79. The molecule has 0 rings (SSSR count). The molecule has 0 saturated carbocycles. The molecule has 0 bridgehead atoms. The lowest BCUT2D eigenvalue weighted by Crippen LogP contribution is -2.30. The Kier molecular flexibility index (Phi) is 7.20. The molecule has 0 spiro atoms. The Labute approximate surface area is 85.6 Å². The first kappa shape index (κ1) is 13.2. The van der Waals surface area contributed by atoms with E-state index in [0.29, 0.717) is 12.5 Å². The van der Waals surface area contributed by atoms with Crippen molar-refractivity contribution in [3.63, 3.8) is 0 Å². The molecule has 0 aliphatic heterocycles. The van der Waals surface area contributed by atoms with Gasteiger partial charge >= 0.3 is 6.09 Å². The average molecular weight is 203 g/mol. The second-order valence-corrected chi connectivity index (χ2v) is 3.86. The van der Waals surface area contributed by atoms with E-state index >= 15 is 0 Å². The van der Waals surface area contributed by atoms with Crippen molar-refractivity contribution in [2.24, 2.45) is 5.92 Å². The van der Waals surface area contributed by atoms with Crippen LogP contribution in [0.4, 0.5) is 4.79 Å². The summed E-state index contributed by atoms with van der Waals surface area (Å²) in [5.74, 6) is 0.657. The van der Waals surface area contributed by atoms with E-state index in [2.05, 4.69) is 19.2 Å². The summed E-state index contributed by atoms with van der Waals surface area (Å²) in [5.41, 5.74) is 0. The van der Waals surface area contributed by atoms with E-state index in [1.165, 1.54) is 0 Å². The summed E-state index contributed by atoms with van der Waals surface area (Å²) in [6.07, 6.45) is 1.17. The molecule has 4 heteroatoms. The first-order chi connectivity index (χ1) is 6.56. The number of hydrogen-bond acceptors (Lipinski definition) is 3. The summed E-state index contributed by atoms with van der Waals surface area (Å²) in [4.78, 5) is 11.0. The Morgan fingerprint density at radius 3 is 2.57 bits per heavy atom. The second-order valence-electron chi connectivity index (χ2n) is 3.86. The molecule has 1 amide bonds. The maximum Gasteiger partial charge on any atom is 0.407 e. The zero-order valence-corrected chi connectivity index (χ0v) is 9.25. The van der Waals surface area contributed by atoms with Crippen LogP contribution in [-0.4, -0.2) is 30.5 Å². The molecule has 0 radical (unpaired) electrons. The van der Waals surface area contributed by atoms with Gasteiger partial charge < -0.3 is 15.2 Å². The maximum absolute atomic E-state index is 11.0. The van der Waals surface area contributed by atoms with Crippen molar-refractivity contribution in [1.82, 2.24) is 5.32 Å². The Morgan fingerprint density at radius 1 is 1.43 bits per heavy atom. The topological polar surface area (TPSA) is 58.6 Å². The summed E-state index contributed by atoms with van der Waals surface area (Å²) < 4.78 is 4.81. The minimum Gasteiger partial charge on any atom is -0.444 e. The first-order valence-corrected chi connectivity index (χ1v) is 5.11. The molecular formula is C10H21NO3. The smallest absolute Gasteiger partial charge is 0.407 e. The largest absolute Gasteiger partial charge is 0.444 e. The SMILES string of the molecule is CC(C)CCCNC(=O)OC(C)CO. The van der Waals surface area contributed by atoms with Gasteiger partial charge in [0.1, 0.15) is 6.10 Å². The van der Waals surface area contributed by atoms with Crippen molar-refractivity contribution in [2.45, 2.75) is 39.7 Å². The van der Waals surface area contributed by atoms with E-state index in [1.54, 1.807) is 6.92 Å². The highest BCUT2D eigenvalue weighted by Crippen LogP contribution is 2.01. The fourth-order valence-corrected chi connectivity index (χ4v) is 0.962. The molecule has 0 fully saturated rings. The predicted molar refractivity (Wildman–Crippen MR) is 55.1 cm³/mol. The van der Waals surface area contributed by atoms with Crippen molar-refractivity contribution in [2.75, 3.05) is 13.2 Å². The molecule has 84 valence electrons. The van der Waals surface area contributed by atoms with Crippen LogP contribution in [0, 0.1) is 5.92 Å². The summed E-state index contributed by atoms with van der Waals surface area (Å²) in [6, 6.07) is 0. The van der Waals surface area contributed by atoms with Crippen LogP contribution in [0.15, 0.2) is 0 Å². The van der Waals surface area contributed by atoms with Gasteiger partial charge in [0.05, 0.1) is 6.61 Å². The zero-order valence-electron chi connectivity index (χ0n) is 9.25. The minimum absolute atomic E-state index is 0.139. The molecule has 1 atom stereocenters. The van der Waals surface area contributed by atoms with Gasteiger partial charge in [0.2, 0.25) is 0 Å². The highest BCUT2D eigenvalue weighted by Gasteiger charge is 2.06. The van der Waals surface area contributed by atoms with Crippen molar-refractivity contribution in [1.29, 1.82) is 0 Å². The number of carbonyl (C=O) groups is 1. The normalized spacial score (nSPS) is 12.6. The lowest BCUT2D eigenvalue weighted by Gasteiger charge is -2.11. The third kappa shape index (κ3) is 7.86. The van der Waals surface area contributed by atoms with Gasteiger partial charge in [0.25, 0.3) is 0 Å². The molecule has 0 aromatic rings. The van der Waals surface area contributed by atoms with E-state index < -0.39 is 12.2 Å². The fraction of sp³-hybridized carbons (Fsp3) is 0.900. The van der Waals surface area contributed by atoms with Crippen molar-refractivity contribution in [3.05, 3.63) is 0 Å². The quantitative estimate of drug-likeness (QED) is 0.644. The number of ether oxygens (including phenoxy) is 1. The van der Waals surface area contributed by atoms with Crippen molar-refractivity contribution >= 4 is 6.09 Å². The second kappa shape index (κ2) is 7.62. The van der Waals surface area contributed by atoms with E-state index in [1.807, 2.05) is 0 Å². The Hall–Kier alpha value is -0.770. The molecule has 0 aliphatic rings. The lowest BCUT2D eigenvalue weighted by atomic mass is 10.1. The van der Waals surface area contributed by atoms with Crippen molar-refractivity contribution in [3.8, 4) is 0 Å². The van der Waals surface area contributed by atoms with Crippen molar-refractivity contribution < 1.29 is 14.6 Å². The van der Waals surface area contributed by atoms with Gasteiger partial charge in [-0.25, -0.2) is 4.79 Å². The van der Waals surface area contributed by atoms with Crippen LogP contribution >= 0.6 is 0 Å². The predicted octanol–water partition coefficient (Wildman–Crippen LogP) is 1.53. The van der Waals surface area contributed by atoms with E-state index in [4.69, 9.17) is 9.84 Å². The summed E-state index contributed by atoms with van der Waals surface area (Å²) in [6.45, 7) is 6.43. The molecule has 0 aromatic heterocycles. The Morgan fingerprint density at radius 2 is 2.07 bits per heavy atom. The molecule has 4 nitrogen and oxygen atoms in total. The van der Waals surface area contributed by atoms with Crippen LogP contribution in [0.5, 0.6) is 0 Å². The first-order valence-electron chi connectivity index (χ1n) is 5.11. The summed E-state index contributed by atoms with van der Waals surface area (Å²) >= 11 is 0. The Balaban J connectivity index is 3.36. The molecule has 14 heavy (non-hydrogen) atoms. The van der Waals surface area contributed by atoms with Gasteiger partial charge in [-0.05, 0) is 25.7 Å². The van der Waals surface area contributed by atoms with Gasteiger partial charge in [0, 0.05) is 6.54 Å². The van der Waals surface area contributed by atoms with E-state index in [-0.39, 0.29) is 6.61 Å². The minimum atomic E-state index is -0.449. The number of alkyl carbamates (subject to hydrolysis) is 1. The number of nitrogens with one attached hydrogen (secondary N) is 1. The maximum atomic E-state index is 11.0. The van der Waals surface area contributed by atoms with Crippen LogP contribution in [-0.2, 0) is 4.74 Å². The van der Waals surface area contributed by atoms with Gasteiger partial charge in [-0.2, -0.15) is 0 Å². The van der Waals surface area contributed by atoms with Gasteiger partial charge in [-0.3, -0.25) is 0 Å². The average Bonchev–Trinajstić information content (AvgIpc) is 2.12. The number of carbonyl (C=O) groups excluding carboxylic acids is 1. The van der Waals surface area contributed by atoms with Crippen LogP contribution < -0.4 is 5.32 Å². The standard InChI is InChI=1S/C10H21NO3/c1-8(2)5-4-6-11-10(13)14-9(3)7-12/h8-9,12H,4-7H2,1-3H3,(H,11,13). The number of amides is 1. The number of aliphatic hydroxyl groups excluding tert-OH is 1. The van der Waals surface area contributed by atoms with Crippen LogP contribution in [0.1, 0.15) is 33.6 Å². The molecule has 2 N–H and O–H groups in total. The molecule has 0 heterocycles. The number of hydrogen-bond donors (Lipinski definition) is 2. The van der Waals surface area contributed by atoms with E-state index in [0.717, 1.165) is 12.8 Å². The fourth-order valence-electron chi connectivity index (χ4n) is 0.962. The van der Waals surface area contributed by atoms with E-state index in [9.17, 15) is 4.79 Å². The molecule has 0 aromatic carbocycles. The molecule has 0 saturated heterocycles. The lowest BCUT2D eigenvalue weighted by molar-refractivity contribution is 0.0680. The summed E-state index contributed by atoms with van der Waals surface area (Å²) in [7, 11) is 0. The monoisotopic (exact) mass is 203 g/mol. The van der Waals surface area contributed by atoms with Crippen LogP contribution in [0.2, 0.25) is 0 Å². The third-order valence-corrected chi connectivity index (χ3v) is 1.79. The van der Waals surface area contributed by atoms with Crippen LogP contribution in [0.25, 0.3) is 0 Å². The highest BCUT2D eigenvalue weighted by atomic mass is 16.6. The van der Waals surface area contributed by atoms with Gasteiger partial charge in [-0.15, -0.1) is 0 Å². The number of aliphatic hydroxyl groups is 1. The zero-order chi connectivity index (χ0) is 11.0. The van der Waals surface area contributed by atoms with Gasteiger partial charge in [0.15, 0.2) is 0 Å². The molecular weight excluding hydrogens is 182 g/mol. The van der Waals surface area contributed by atoms with Gasteiger partial charge in [-0.1, -0.05) is 13.8 Å². The van der Waals surface area contributed by atoms with Crippen LogP contribution in [0.3, 0.4) is 0 Å². The highest BCUT2D eigenvalue weighted by molar-refractivity contribution is 5.67. The number of rotatable bonds is 6.